The van der Waals surface area contributed by atoms with Crippen LogP contribution in [-0.4, -0.2) is 140 Å². The standard InChI is InChI=1S/C79H147NO13/c1-3-5-7-9-11-13-15-17-19-21-23-25-27-28-29-30-31-32-33-34-35-36-37-38-39-40-41-43-45-47-49-51-53-55-57-59-61-63-71(84)80-67(66-90-78-76(89)74(87)77(70(65-82)92-78)93-79-75(88)73(86)72(85)69(64-81)91-79)68(83)62-60-58-56-54-52-50-48-46-44-42-26-24-22-20-18-16-14-12-10-8-6-4-2/h15,17,21,23,27-28,60,62,67-70,72-79,81-83,85-89H,3-14,16,18-20,22,24-26,29-59,61,63-66H2,1-2H3,(H,80,84)/b17-15-,23-21-,28-27-,62-60+. The fourth-order valence-corrected chi connectivity index (χ4v) is 13.0. The minimum atomic E-state index is -1.79. The van der Waals surface area contributed by atoms with E-state index in [-0.39, 0.29) is 18.9 Å². The third-order valence-electron chi connectivity index (χ3n) is 19.3. The number of aliphatic hydroxyl groups excluding tert-OH is 8. The molecular formula is C79H147NO13. The van der Waals surface area contributed by atoms with E-state index in [4.69, 9.17) is 18.9 Å². The number of ether oxygens (including phenoxy) is 4. The fraction of sp³-hybridized carbons (Fsp3) is 0.886. The van der Waals surface area contributed by atoms with Gasteiger partial charge in [-0.25, -0.2) is 0 Å². The lowest BCUT2D eigenvalue weighted by Crippen LogP contribution is -2.65. The number of allylic oxidation sites excluding steroid dienone is 7. The summed E-state index contributed by atoms with van der Waals surface area (Å²) in [5.41, 5.74) is 0. The molecular weight excluding hydrogens is 1170 g/mol. The Hall–Kier alpha value is -2.05. The molecule has 0 spiro atoms. The van der Waals surface area contributed by atoms with E-state index in [1.165, 1.54) is 276 Å². The molecule has 0 radical (unpaired) electrons. The third-order valence-corrected chi connectivity index (χ3v) is 19.3. The normalized spacial score (nSPS) is 22.8. The Balaban J connectivity index is 1.59. The van der Waals surface area contributed by atoms with Crippen LogP contribution in [0.2, 0.25) is 0 Å². The summed E-state index contributed by atoms with van der Waals surface area (Å²) in [6.45, 7) is 2.84. The number of carbonyl (C=O) groups excluding carboxylic acids is 1. The molecule has 93 heavy (non-hydrogen) atoms. The van der Waals surface area contributed by atoms with Crippen LogP contribution in [0.15, 0.2) is 48.6 Å². The Kier molecular flexibility index (Phi) is 59.3. The Bertz CT molecular complexity index is 1750. The fourth-order valence-electron chi connectivity index (χ4n) is 13.0. The van der Waals surface area contributed by atoms with Crippen LogP contribution >= 0.6 is 0 Å². The molecule has 12 atom stereocenters. The smallest absolute Gasteiger partial charge is 0.220 e. The van der Waals surface area contributed by atoms with E-state index >= 15 is 0 Å². The zero-order valence-electron chi connectivity index (χ0n) is 59.8. The molecule has 0 aromatic heterocycles. The lowest BCUT2D eigenvalue weighted by molar-refractivity contribution is -0.359. The number of aliphatic hydroxyl groups is 8. The van der Waals surface area contributed by atoms with E-state index in [1.54, 1.807) is 6.08 Å². The highest BCUT2D eigenvalue weighted by Crippen LogP contribution is 2.30. The monoisotopic (exact) mass is 1320 g/mol. The molecule has 2 heterocycles. The number of carbonyl (C=O) groups is 1. The Labute approximate surface area is 569 Å². The molecule has 2 saturated heterocycles. The number of nitrogens with one attached hydrogen (secondary N) is 1. The lowest BCUT2D eigenvalue weighted by Gasteiger charge is -2.46. The molecule has 2 fully saturated rings. The highest BCUT2D eigenvalue weighted by molar-refractivity contribution is 5.76. The zero-order valence-corrected chi connectivity index (χ0v) is 59.8. The van der Waals surface area contributed by atoms with Crippen molar-refractivity contribution in [2.24, 2.45) is 0 Å². The van der Waals surface area contributed by atoms with Crippen LogP contribution in [0.25, 0.3) is 0 Å². The summed E-state index contributed by atoms with van der Waals surface area (Å²) in [6, 6.07) is -0.915. The molecule has 2 rings (SSSR count). The second-order valence-electron chi connectivity index (χ2n) is 27.8. The maximum absolute atomic E-state index is 13.4. The predicted molar refractivity (Wildman–Crippen MR) is 383 cm³/mol. The molecule has 1 amide bonds. The second-order valence-corrected chi connectivity index (χ2v) is 27.8. The van der Waals surface area contributed by atoms with Crippen LogP contribution in [0.5, 0.6) is 0 Å². The first-order chi connectivity index (χ1) is 45.6. The van der Waals surface area contributed by atoms with Crippen molar-refractivity contribution in [2.75, 3.05) is 19.8 Å². The molecule has 14 nitrogen and oxygen atoms in total. The number of rotatable bonds is 66. The van der Waals surface area contributed by atoms with Gasteiger partial charge in [-0.2, -0.15) is 0 Å². The summed E-state index contributed by atoms with van der Waals surface area (Å²) in [7, 11) is 0. The Morgan fingerprint density at radius 2 is 0.710 bits per heavy atom. The first-order valence-electron chi connectivity index (χ1n) is 39.4. The van der Waals surface area contributed by atoms with Crippen LogP contribution < -0.4 is 5.32 Å². The summed E-state index contributed by atoms with van der Waals surface area (Å²) in [6.07, 6.45) is 67.6. The summed E-state index contributed by atoms with van der Waals surface area (Å²) >= 11 is 0. The van der Waals surface area contributed by atoms with Gasteiger partial charge in [-0.3, -0.25) is 4.79 Å². The summed E-state index contributed by atoms with van der Waals surface area (Å²) < 4.78 is 22.9. The first-order valence-corrected chi connectivity index (χ1v) is 39.4. The van der Waals surface area contributed by atoms with Gasteiger partial charge >= 0.3 is 0 Å². The van der Waals surface area contributed by atoms with E-state index in [9.17, 15) is 45.6 Å². The van der Waals surface area contributed by atoms with Crippen LogP contribution in [0.3, 0.4) is 0 Å². The van der Waals surface area contributed by atoms with Crippen LogP contribution in [-0.2, 0) is 23.7 Å². The Morgan fingerprint density at radius 1 is 0.387 bits per heavy atom. The van der Waals surface area contributed by atoms with Crippen molar-refractivity contribution in [3.8, 4) is 0 Å². The highest BCUT2D eigenvalue weighted by atomic mass is 16.7. The number of amides is 1. The molecule has 0 saturated carbocycles. The van der Waals surface area contributed by atoms with Gasteiger partial charge in [0, 0.05) is 6.42 Å². The van der Waals surface area contributed by atoms with E-state index in [2.05, 4.69) is 55.6 Å². The molecule has 12 unspecified atom stereocenters. The average molecular weight is 1320 g/mol. The molecule has 9 N–H and O–H groups in total. The van der Waals surface area contributed by atoms with E-state index in [0.717, 1.165) is 51.4 Å². The first kappa shape index (κ1) is 87.0. The minimum Gasteiger partial charge on any atom is -0.394 e. The maximum Gasteiger partial charge on any atom is 0.220 e. The molecule has 14 heteroatoms. The third kappa shape index (κ3) is 46.8. The van der Waals surface area contributed by atoms with Gasteiger partial charge in [0.05, 0.1) is 32.0 Å². The van der Waals surface area contributed by atoms with Gasteiger partial charge in [-0.1, -0.05) is 339 Å². The van der Waals surface area contributed by atoms with Crippen LogP contribution in [0, 0.1) is 0 Å². The van der Waals surface area contributed by atoms with E-state index in [1.807, 2.05) is 6.08 Å². The van der Waals surface area contributed by atoms with Gasteiger partial charge in [0.1, 0.15) is 48.8 Å². The summed E-state index contributed by atoms with van der Waals surface area (Å²) in [4.78, 5) is 13.4. The highest BCUT2D eigenvalue weighted by Gasteiger charge is 2.51. The van der Waals surface area contributed by atoms with Crippen molar-refractivity contribution < 1.29 is 64.6 Å². The molecule has 546 valence electrons. The zero-order chi connectivity index (χ0) is 67.3. The van der Waals surface area contributed by atoms with E-state index < -0.39 is 86.8 Å². The van der Waals surface area contributed by atoms with Gasteiger partial charge in [-0.15, -0.1) is 0 Å². The number of hydrogen-bond acceptors (Lipinski definition) is 13. The molecule has 0 aromatic rings. The van der Waals surface area contributed by atoms with Crippen LogP contribution in [0.1, 0.15) is 354 Å². The van der Waals surface area contributed by atoms with Crippen molar-refractivity contribution in [3.05, 3.63) is 48.6 Å². The van der Waals surface area contributed by atoms with Crippen molar-refractivity contribution in [1.82, 2.24) is 5.32 Å². The molecule has 2 aliphatic heterocycles. The van der Waals surface area contributed by atoms with Crippen LogP contribution in [0.4, 0.5) is 0 Å². The van der Waals surface area contributed by atoms with Gasteiger partial charge < -0.3 is 65.1 Å². The topological polar surface area (TPSA) is 228 Å². The molecule has 0 bridgehead atoms. The largest absolute Gasteiger partial charge is 0.394 e. The summed E-state index contributed by atoms with van der Waals surface area (Å²) in [5, 5.41) is 87.6. The molecule has 0 aliphatic carbocycles. The maximum atomic E-state index is 13.4. The average Bonchev–Trinajstić information content (AvgIpc) is 0.852. The quantitative estimate of drug-likeness (QED) is 0.0204. The van der Waals surface area contributed by atoms with Gasteiger partial charge in [0.25, 0.3) is 0 Å². The van der Waals surface area contributed by atoms with Gasteiger partial charge in [0.2, 0.25) is 5.91 Å². The van der Waals surface area contributed by atoms with Gasteiger partial charge in [-0.05, 0) is 57.8 Å². The lowest BCUT2D eigenvalue weighted by atomic mass is 9.97. The number of hydrogen-bond donors (Lipinski definition) is 9. The SMILES string of the molecule is CCCCCCC/C=C\C/C=C\C/C=C\CCCCCCCCCCCCCCCCCCCCCCCCC(=O)NC(COC1OC(CO)C(OC2OC(CO)C(O)C(O)C2O)C(O)C1O)C(O)/C=C/CCCCCCCCCCCCCCCCCCCCCC. The van der Waals surface area contributed by atoms with E-state index in [0.29, 0.717) is 6.42 Å². The predicted octanol–water partition coefficient (Wildman–Crippen LogP) is 17.4. The van der Waals surface area contributed by atoms with Gasteiger partial charge in [0.15, 0.2) is 12.6 Å². The van der Waals surface area contributed by atoms with Crippen molar-refractivity contribution >= 4 is 5.91 Å². The molecule has 2 aliphatic rings. The minimum absolute atomic E-state index is 0.232. The Morgan fingerprint density at radius 3 is 1.09 bits per heavy atom. The van der Waals surface area contributed by atoms with Crippen molar-refractivity contribution in [2.45, 2.75) is 428 Å². The second kappa shape index (κ2) is 63.4. The molecule has 0 aromatic carbocycles. The van der Waals surface area contributed by atoms with Crippen molar-refractivity contribution in [3.63, 3.8) is 0 Å². The number of unbranched alkanes of at least 4 members (excludes halogenated alkanes) is 47. The van der Waals surface area contributed by atoms with Crippen molar-refractivity contribution in [1.29, 1.82) is 0 Å². The summed E-state index contributed by atoms with van der Waals surface area (Å²) in [5.74, 6) is -0.232.